The van der Waals surface area contributed by atoms with Gasteiger partial charge in [-0.2, -0.15) is 0 Å². The standard InChI is InChI=1S/C11H15BrN2O5S/c1-5(12)2-19-10(18)11(9(16)17)3-14-7(15)6(13)8(14)20-4-11/h5-6,8H,2-4,13H2,1H3,(H,16,17)/t5?,6?,8-,11?/m1/s1. The lowest BCUT2D eigenvalue weighted by atomic mass is 9.87. The molecule has 2 aliphatic heterocycles. The second-order valence-corrected chi connectivity index (χ2v) is 7.63. The molecule has 0 aromatic carbocycles. The number of β-lactam (4-membered cyclic amide) rings is 1. The number of carbonyl (C=O) groups is 3. The molecule has 2 saturated heterocycles. The van der Waals surface area contributed by atoms with Crippen LogP contribution in [0.5, 0.6) is 0 Å². The third-order valence-electron chi connectivity index (χ3n) is 3.37. The molecule has 3 unspecified atom stereocenters. The number of hydrogen-bond acceptors (Lipinski definition) is 6. The van der Waals surface area contributed by atoms with Crippen LogP contribution in [0.1, 0.15) is 6.92 Å². The third-order valence-corrected chi connectivity index (χ3v) is 5.18. The van der Waals surface area contributed by atoms with Gasteiger partial charge in [-0.1, -0.05) is 15.9 Å². The summed E-state index contributed by atoms with van der Waals surface area (Å²) in [6, 6.07) is -0.606. The molecule has 9 heteroatoms. The average Bonchev–Trinajstić information content (AvgIpc) is 2.42. The fourth-order valence-corrected chi connectivity index (χ4v) is 3.75. The molecule has 2 fully saturated rings. The van der Waals surface area contributed by atoms with E-state index in [4.69, 9.17) is 10.5 Å². The molecule has 0 radical (unpaired) electrons. The van der Waals surface area contributed by atoms with Crippen LogP contribution in [0.2, 0.25) is 0 Å². The van der Waals surface area contributed by atoms with Crippen molar-refractivity contribution < 1.29 is 24.2 Å². The monoisotopic (exact) mass is 366 g/mol. The maximum atomic E-state index is 12.1. The Kier molecular flexibility index (Phi) is 4.31. The summed E-state index contributed by atoms with van der Waals surface area (Å²) >= 11 is 4.43. The second-order valence-electron chi connectivity index (χ2n) is 4.96. The van der Waals surface area contributed by atoms with Crippen molar-refractivity contribution in [1.29, 1.82) is 0 Å². The molecule has 2 heterocycles. The first-order valence-electron chi connectivity index (χ1n) is 6.02. The minimum atomic E-state index is -1.71. The smallest absolute Gasteiger partial charge is 0.326 e. The minimum absolute atomic E-state index is 0.0555. The van der Waals surface area contributed by atoms with Gasteiger partial charge in [0.1, 0.15) is 18.0 Å². The Hall–Kier alpha value is -0.800. The van der Waals surface area contributed by atoms with Crippen LogP contribution >= 0.6 is 27.7 Å². The number of amides is 1. The van der Waals surface area contributed by atoms with E-state index in [-0.39, 0.29) is 35.0 Å². The van der Waals surface area contributed by atoms with Crippen molar-refractivity contribution in [1.82, 2.24) is 4.90 Å². The van der Waals surface area contributed by atoms with Crippen LogP contribution < -0.4 is 5.73 Å². The number of carboxylic acid groups (broad SMARTS) is 1. The molecule has 4 atom stereocenters. The minimum Gasteiger partial charge on any atom is -0.480 e. The fraction of sp³-hybridized carbons (Fsp3) is 0.727. The van der Waals surface area contributed by atoms with E-state index in [9.17, 15) is 19.5 Å². The van der Waals surface area contributed by atoms with Gasteiger partial charge >= 0.3 is 11.9 Å². The van der Waals surface area contributed by atoms with E-state index in [1.165, 1.54) is 16.7 Å². The van der Waals surface area contributed by atoms with Crippen LogP contribution in [-0.2, 0) is 19.1 Å². The molecule has 0 aromatic heterocycles. The first-order valence-corrected chi connectivity index (χ1v) is 7.98. The molecule has 0 aliphatic carbocycles. The number of hydrogen-bond donors (Lipinski definition) is 2. The van der Waals surface area contributed by atoms with Crippen LogP contribution in [0.25, 0.3) is 0 Å². The van der Waals surface area contributed by atoms with Crippen LogP contribution in [0, 0.1) is 5.41 Å². The maximum Gasteiger partial charge on any atom is 0.326 e. The first kappa shape index (κ1) is 15.6. The Morgan fingerprint density at radius 2 is 2.35 bits per heavy atom. The summed E-state index contributed by atoms with van der Waals surface area (Å²) in [5, 5.41) is 9.17. The molecule has 2 rings (SSSR count). The Bertz CT molecular complexity index is 460. The zero-order chi connectivity index (χ0) is 15.1. The maximum absolute atomic E-state index is 12.1. The number of carbonyl (C=O) groups excluding carboxylic acids is 2. The van der Waals surface area contributed by atoms with Crippen LogP contribution in [-0.4, -0.2) is 63.0 Å². The number of halogens is 1. The Balaban J connectivity index is 2.13. The van der Waals surface area contributed by atoms with E-state index < -0.39 is 23.4 Å². The number of fused-ring (bicyclic) bond motifs is 1. The number of nitrogens with two attached hydrogens (primary N) is 1. The van der Waals surface area contributed by atoms with Crippen molar-refractivity contribution >= 4 is 45.5 Å². The van der Waals surface area contributed by atoms with Crippen LogP contribution in [0.15, 0.2) is 0 Å². The van der Waals surface area contributed by atoms with E-state index >= 15 is 0 Å². The number of alkyl halides is 1. The molecule has 2 aliphatic rings. The van der Waals surface area contributed by atoms with Gasteiger partial charge in [0.05, 0.1) is 0 Å². The number of rotatable bonds is 4. The van der Waals surface area contributed by atoms with Crippen molar-refractivity contribution in [2.75, 3.05) is 18.9 Å². The van der Waals surface area contributed by atoms with Crippen LogP contribution in [0.4, 0.5) is 0 Å². The predicted molar refractivity (Wildman–Crippen MR) is 75.4 cm³/mol. The Morgan fingerprint density at radius 3 is 2.90 bits per heavy atom. The highest BCUT2D eigenvalue weighted by molar-refractivity contribution is 9.09. The predicted octanol–water partition coefficient (Wildman–Crippen LogP) is -0.374. The summed E-state index contributed by atoms with van der Waals surface area (Å²) in [5.41, 5.74) is 3.92. The molecule has 0 saturated carbocycles. The molecule has 0 spiro atoms. The summed E-state index contributed by atoms with van der Waals surface area (Å²) in [6.07, 6.45) is 0. The van der Waals surface area contributed by atoms with Crippen molar-refractivity contribution in [3.8, 4) is 0 Å². The van der Waals surface area contributed by atoms with Crippen LogP contribution in [0.3, 0.4) is 0 Å². The van der Waals surface area contributed by atoms with Gasteiger partial charge in [-0.3, -0.25) is 14.4 Å². The van der Waals surface area contributed by atoms with Gasteiger partial charge in [0.25, 0.3) is 0 Å². The molecule has 20 heavy (non-hydrogen) atoms. The Morgan fingerprint density at radius 1 is 1.70 bits per heavy atom. The summed E-state index contributed by atoms with van der Waals surface area (Å²) < 4.78 is 5.03. The topological polar surface area (TPSA) is 110 Å². The SMILES string of the molecule is CC(Br)COC(=O)C1(C(=O)O)CS[C@@H]2C(N)C(=O)N2C1. The largest absolute Gasteiger partial charge is 0.480 e. The van der Waals surface area contributed by atoms with E-state index in [1.807, 2.05) is 0 Å². The average molecular weight is 367 g/mol. The van der Waals surface area contributed by atoms with E-state index in [2.05, 4.69) is 15.9 Å². The highest BCUT2D eigenvalue weighted by atomic mass is 79.9. The molecular formula is C11H15BrN2O5S. The number of esters is 1. The van der Waals surface area contributed by atoms with Gasteiger partial charge in [-0.15, -0.1) is 11.8 Å². The van der Waals surface area contributed by atoms with Crippen molar-refractivity contribution in [2.24, 2.45) is 11.1 Å². The van der Waals surface area contributed by atoms with Gasteiger partial charge in [0.15, 0.2) is 5.41 Å². The van der Waals surface area contributed by atoms with Gasteiger partial charge in [0.2, 0.25) is 5.91 Å². The lowest BCUT2D eigenvalue weighted by Gasteiger charge is -2.51. The lowest BCUT2D eigenvalue weighted by molar-refractivity contribution is -0.172. The van der Waals surface area contributed by atoms with E-state index in [0.717, 1.165) is 0 Å². The van der Waals surface area contributed by atoms with Gasteiger partial charge in [0, 0.05) is 17.1 Å². The quantitative estimate of drug-likeness (QED) is 0.302. The van der Waals surface area contributed by atoms with Crippen molar-refractivity contribution in [3.05, 3.63) is 0 Å². The van der Waals surface area contributed by atoms with Gasteiger partial charge in [-0.25, -0.2) is 0 Å². The second kappa shape index (κ2) is 5.53. The lowest BCUT2D eigenvalue weighted by Crippen LogP contribution is -2.73. The molecule has 3 N–H and O–H groups in total. The third kappa shape index (κ3) is 2.42. The Labute approximate surface area is 128 Å². The molecule has 7 nitrogen and oxygen atoms in total. The summed E-state index contributed by atoms with van der Waals surface area (Å²) in [5.74, 6) is -2.35. The normalized spacial score (nSPS) is 34.0. The number of thioether (sulfide) groups is 1. The number of ether oxygens (including phenoxy) is 1. The molecule has 0 bridgehead atoms. The molecular weight excluding hydrogens is 352 g/mol. The zero-order valence-electron chi connectivity index (χ0n) is 10.7. The molecule has 0 aromatic rings. The highest BCUT2D eigenvalue weighted by Gasteiger charge is 2.60. The first-order chi connectivity index (χ1) is 9.29. The number of aliphatic carboxylic acids is 1. The van der Waals surface area contributed by atoms with Gasteiger partial charge in [-0.05, 0) is 6.92 Å². The van der Waals surface area contributed by atoms with E-state index in [0.29, 0.717) is 0 Å². The van der Waals surface area contributed by atoms with Gasteiger partial charge < -0.3 is 20.5 Å². The number of carboxylic acids is 1. The number of nitrogens with zero attached hydrogens (tertiary/aromatic N) is 1. The molecule has 1 amide bonds. The highest BCUT2D eigenvalue weighted by Crippen LogP contribution is 2.42. The summed E-state index contributed by atoms with van der Waals surface area (Å²) in [6.45, 7) is 1.68. The fourth-order valence-electron chi connectivity index (χ4n) is 2.15. The van der Waals surface area contributed by atoms with Crippen molar-refractivity contribution in [2.45, 2.75) is 23.2 Å². The molecule has 112 valence electrons. The van der Waals surface area contributed by atoms with E-state index in [1.54, 1.807) is 6.92 Å². The summed E-state index contributed by atoms with van der Waals surface area (Å²) in [4.78, 5) is 36.6. The summed E-state index contributed by atoms with van der Waals surface area (Å²) in [7, 11) is 0. The zero-order valence-corrected chi connectivity index (χ0v) is 13.1. The van der Waals surface area contributed by atoms with Crippen molar-refractivity contribution in [3.63, 3.8) is 0 Å².